The van der Waals surface area contributed by atoms with Gasteiger partial charge in [0.1, 0.15) is 0 Å². The molecule has 0 unspecified atom stereocenters. The number of hydrogen-bond donors (Lipinski definition) is 0. The Labute approximate surface area is 544 Å². The zero-order valence-electron chi connectivity index (χ0n) is 51.4. The van der Waals surface area contributed by atoms with Crippen molar-refractivity contribution in [1.82, 2.24) is 18.3 Å². The van der Waals surface area contributed by atoms with Gasteiger partial charge in [0, 0.05) is 65.8 Å². The molecule has 15 aromatic carbocycles. The van der Waals surface area contributed by atoms with Gasteiger partial charge in [0.25, 0.3) is 0 Å². The van der Waals surface area contributed by atoms with Crippen molar-refractivity contribution in [3.05, 3.63) is 364 Å². The minimum absolute atomic E-state index is 1.15. The van der Waals surface area contributed by atoms with Crippen LogP contribution in [0.5, 0.6) is 0 Å². The van der Waals surface area contributed by atoms with Gasteiger partial charge in [-0.15, -0.1) is 0 Å². The van der Waals surface area contributed by atoms with Gasteiger partial charge in [-0.25, -0.2) is 0 Å². The second-order valence-corrected chi connectivity index (χ2v) is 24.4. The van der Waals surface area contributed by atoms with E-state index in [-0.39, 0.29) is 0 Å². The van der Waals surface area contributed by atoms with Crippen LogP contribution in [0.4, 0.5) is 0 Å². The lowest BCUT2D eigenvalue weighted by molar-refractivity contribution is 1.18. The summed E-state index contributed by atoms with van der Waals surface area (Å²) in [7, 11) is 0. The average Bonchev–Trinajstić information content (AvgIpc) is 1.60. The third-order valence-electron chi connectivity index (χ3n) is 19.0. The number of rotatable bonds is 9. The third-order valence-corrected chi connectivity index (χ3v) is 19.0. The van der Waals surface area contributed by atoms with Gasteiger partial charge >= 0.3 is 0 Å². The molecule has 0 aliphatic rings. The molecule has 4 nitrogen and oxygen atoms in total. The van der Waals surface area contributed by atoms with Crippen LogP contribution in [-0.4, -0.2) is 18.3 Å². The van der Waals surface area contributed by atoms with Crippen molar-refractivity contribution in [1.29, 1.82) is 0 Å². The Bertz CT molecular complexity index is 6070. The Balaban J connectivity index is 0.000000139. The molecule has 0 N–H and O–H groups in total. The normalized spacial score (nSPS) is 11.6. The fourth-order valence-electron chi connectivity index (χ4n) is 14.7. The van der Waals surface area contributed by atoms with Crippen LogP contribution in [0, 0.1) is 0 Å². The lowest BCUT2D eigenvalue weighted by Crippen LogP contribution is -1.96. The molecule has 4 heteroatoms. The number of nitrogens with zero attached hydrogens (tertiary/aromatic N) is 4. The van der Waals surface area contributed by atoms with Crippen LogP contribution in [-0.2, 0) is 0 Å². The summed E-state index contributed by atoms with van der Waals surface area (Å²) in [5, 5.41) is 10.1. The third kappa shape index (κ3) is 9.22. The highest BCUT2D eigenvalue weighted by molar-refractivity contribution is 6.15. The van der Waals surface area contributed by atoms with Gasteiger partial charge in [-0.05, 0) is 177 Å². The van der Waals surface area contributed by atoms with Crippen molar-refractivity contribution >= 4 is 87.2 Å². The van der Waals surface area contributed by atoms with E-state index in [0.717, 1.165) is 5.69 Å². The summed E-state index contributed by atoms with van der Waals surface area (Å²) in [6.45, 7) is 0. The Kier molecular flexibility index (Phi) is 13.2. The van der Waals surface area contributed by atoms with E-state index < -0.39 is 0 Å². The van der Waals surface area contributed by atoms with Gasteiger partial charge in [-0.3, -0.25) is 0 Å². The molecule has 4 aromatic heterocycles. The molecule has 0 saturated heterocycles. The molecule has 94 heavy (non-hydrogen) atoms. The summed E-state index contributed by atoms with van der Waals surface area (Å²) in [5.74, 6) is 0. The van der Waals surface area contributed by atoms with Gasteiger partial charge in [0.05, 0.1) is 44.1 Å². The molecule has 0 radical (unpaired) electrons. The van der Waals surface area contributed by atoms with Gasteiger partial charge in [-0.2, -0.15) is 0 Å². The number of para-hydroxylation sites is 6. The smallest absolute Gasteiger partial charge is 0.0541 e. The molecule has 4 heterocycles. The Morgan fingerprint density at radius 2 is 0.394 bits per heavy atom. The predicted octanol–water partition coefficient (Wildman–Crippen LogP) is 24.1. The second-order valence-electron chi connectivity index (χ2n) is 24.4. The monoisotopic (exact) mass is 1200 g/mol. The fourth-order valence-corrected chi connectivity index (χ4v) is 14.7. The molecule has 0 amide bonds. The van der Waals surface area contributed by atoms with Crippen LogP contribution in [0.1, 0.15) is 0 Å². The first-order valence-corrected chi connectivity index (χ1v) is 32.3. The van der Waals surface area contributed by atoms with E-state index in [0.29, 0.717) is 0 Å². The standard InChI is InChI=1S/C48H32N2.C42H28N2/c1-4-14-33(15-5-1)39-27-26-38(32-42(39)34-16-6-2-7-17-34)50-46-23-13-11-21-41(46)44-31-36(25-29-48(44)50)35-24-28-47-43(30-35)40-20-10-12-22-45(40)49(47)37-18-8-3-9-19-37;1-3-12-29(13-4-1)30-14-11-17-34(26-30)44-40-21-10-8-19-36(40)38-28-32(23-25-42(38)44)31-22-24-41-37(27-31)35-18-7-9-20-39(35)43(41)33-15-5-2-6-16-33/h1-32H;1-28H. The molecule has 19 aromatic rings. The first kappa shape index (κ1) is 54.4. The first-order chi connectivity index (χ1) is 46.6. The highest BCUT2D eigenvalue weighted by Crippen LogP contribution is 2.43. The van der Waals surface area contributed by atoms with Crippen LogP contribution < -0.4 is 0 Å². The maximum atomic E-state index is 2.42. The van der Waals surface area contributed by atoms with Crippen LogP contribution in [0.25, 0.3) is 166 Å². The lowest BCUT2D eigenvalue weighted by atomic mass is 9.94. The lowest BCUT2D eigenvalue weighted by Gasteiger charge is -2.15. The average molecular weight is 1200 g/mol. The Morgan fingerprint density at radius 3 is 0.777 bits per heavy atom. The zero-order valence-corrected chi connectivity index (χ0v) is 51.4. The van der Waals surface area contributed by atoms with Crippen molar-refractivity contribution in [2.75, 3.05) is 0 Å². The molecule has 440 valence electrons. The summed E-state index contributed by atoms with van der Waals surface area (Å²) in [5.41, 5.74) is 26.6. The van der Waals surface area contributed by atoms with E-state index in [9.17, 15) is 0 Å². The van der Waals surface area contributed by atoms with E-state index in [1.807, 2.05) is 0 Å². The van der Waals surface area contributed by atoms with Crippen LogP contribution in [0.3, 0.4) is 0 Å². The maximum Gasteiger partial charge on any atom is 0.0541 e. The first-order valence-electron chi connectivity index (χ1n) is 32.3. The molecular weight excluding hydrogens is 1140 g/mol. The summed E-state index contributed by atoms with van der Waals surface area (Å²) < 4.78 is 9.57. The minimum Gasteiger partial charge on any atom is -0.309 e. The maximum absolute atomic E-state index is 2.42. The Hall–Kier alpha value is -12.5. The number of aromatic nitrogens is 4. The van der Waals surface area contributed by atoms with Crippen LogP contribution >= 0.6 is 0 Å². The van der Waals surface area contributed by atoms with Crippen molar-refractivity contribution in [2.45, 2.75) is 0 Å². The summed E-state index contributed by atoms with van der Waals surface area (Å²) in [6, 6.07) is 132. The second kappa shape index (κ2) is 22.8. The largest absolute Gasteiger partial charge is 0.309 e. The van der Waals surface area contributed by atoms with Gasteiger partial charge in [0.15, 0.2) is 0 Å². The van der Waals surface area contributed by atoms with E-state index in [1.165, 1.54) is 160 Å². The van der Waals surface area contributed by atoms with E-state index in [2.05, 4.69) is 382 Å². The molecule has 0 aliphatic heterocycles. The topological polar surface area (TPSA) is 19.7 Å². The summed E-state index contributed by atoms with van der Waals surface area (Å²) in [4.78, 5) is 0. The zero-order chi connectivity index (χ0) is 62.1. The van der Waals surface area contributed by atoms with Crippen molar-refractivity contribution in [3.63, 3.8) is 0 Å². The minimum atomic E-state index is 1.15. The SMILES string of the molecule is c1ccc(-c2ccc(-n3c4ccccc4c4cc(-c5ccc6c(c5)c5ccccc5n6-c5ccccc5)ccc43)cc2-c2ccccc2)cc1.c1ccc(-c2cccc(-n3c4ccccc4c4cc(-c5ccc6c(c5)c5ccccc5n6-c5ccccc5)ccc43)c2)cc1. The van der Waals surface area contributed by atoms with Gasteiger partial charge in [0.2, 0.25) is 0 Å². The van der Waals surface area contributed by atoms with Crippen molar-refractivity contribution in [2.24, 2.45) is 0 Å². The Morgan fingerprint density at radius 1 is 0.128 bits per heavy atom. The van der Waals surface area contributed by atoms with Crippen molar-refractivity contribution in [3.8, 4) is 78.4 Å². The number of hydrogen-bond acceptors (Lipinski definition) is 0. The van der Waals surface area contributed by atoms with E-state index in [4.69, 9.17) is 0 Å². The van der Waals surface area contributed by atoms with Crippen LogP contribution in [0.2, 0.25) is 0 Å². The predicted molar refractivity (Wildman–Crippen MR) is 397 cm³/mol. The highest BCUT2D eigenvalue weighted by atomic mass is 15.0. The molecular formula is C90H60N4. The molecule has 0 bridgehead atoms. The molecule has 0 saturated carbocycles. The molecule has 0 aliphatic carbocycles. The molecule has 19 rings (SSSR count). The van der Waals surface area contributed by atoms with E-state index in [1.54, 1.807) is 0 Å². The molecule has 0 spiro atoms. The van der Waals surface area contributed by atoms with Gasteiger partial charge < -0.3 is 18.3 Å². The molecule has 0 atom stereocenters. The summed E-state index contributed by atoms with van der Waals surface area (Å²) in [6.07, 6.45) is 0. The molecule has 0 fully saturated rings. The highest BCUT2D eigenvalue weighted by Gasteiger charge is 2.20. The van der Waals surface area contributed by atoms with Crippen LogP contribution in [0.15, 0.2) is 364 Å². The quantitative estimate of drug-likeness (QED) is 0.137. The number of benzene rings is 15. The number of fused-ring (bicyclic) bond motifs is 12. The fraction of sp³-hybridized carbons (Fsp3) is 0. The van der Waals surface area contributed by atoms with E-state index >= 15 is 0 Å². The summed E-state index contributed by atoms with van der Waals surface area (Å²) >= 11 is 0. The van der Waals surface area contributed by atoms with Crippen molar-refractivity contribution < 1.29 is 0 Å². The van der Waals surface area contributed by atoms with Gasteiger partial charge in [-0.1, -0.05) is 243 Å².